The van der Waals surface area contributed by atoms with E-state index in [2.05, 4.69) is 0 Å². The number of imide groups is 1. The summed E-state index contributed by atoms with van der Waals surface area (Å²) in [5, 5.41) is 19.2. The number of hydrogen-bond acceptors (Lipinski definition) is 4. The van der Waals surface area contributed by atoms with Gasteiger partial charge in [-0.15, -0.1) is 0 Å². The van der Waals surface area contributed by atoms with E-state index < -0.39 is 17.8 Å². The number of rotatable bonds is 2. The van der Waals surface area contributed by atoms with E-state index >= 15 is 0 Å². The highest BCUT2D eigenvalue weighted by atomic mass is 16.4. The Hall–Kier alpha value is -2.63. The number of aliphatic hydroxyl groups excluding tert-OH is 1. The van der Waals surface area contributed by atoms with E-state index in [1.807, 2.05) is 0 Å². The third kappa shape index (κ3) is 2.08. The van der Waals surface area contributed by atoms with E-state index in [4.69, 9.17) is 0 Å². The minimum absolute atomic E-state index is 0.00306. The molecule has 1 aromatic rings. The first-order valence-corrected chi connectivity index (χ1v) is 6.45. The summed E-state index contributed by atoms with van der Waals surface area (Å²) in [6.45, 7) is 4.47. The predicted octanol–water partition coefficient (Wildman–Crippen LogP) is 2.27. The molecule has 0 saturated heterocycles. The van der Waals surface area contributed by atoms with Crippen LogP contribution in [0.15, 0.2) is 17.9 Å². The third-order valence-electron chi connectivity index (χ3n) is 3.52. The van der Waals surface area contributed by atoms with Crippen LogP contribution in [0.5, 0.6) is 0 Å². The second kappa shape index (κ2) is 5.05. The fourth-order valence-electron chi connectivity index (χ4n) is 2.52. The van der Waals surface area contributed by atoms with Crippen LogP contribution in [0.25, 0.3) is 5.57 Å². The Morgan fingerprint density at radius 2 is 1.86 bits per heavy atom. The van der Waals surface area contributed by atoms with Crippen molar-refractivity contribution in [2.75, 3.05) is 4.90 Å². The number of benzene rings is 1. The normalized spacial score (nSPS) is 16.0. The van der Waals surface area contributed by atoms with Gasteiger partial charge in [0.15, 0.2) is 0 Å². The van der Waals surface area contributed by atoms with Crippen LogP contribution in [-0.2, 0) is 9.59 Å². The number of carbonyl (C=O) groups excluding carboxylic acids is 2. The Labute approximate surface area is 121 Å². The smallest absolute Gasteiger partial charge is 0.335 e. The number of hydrogen-bond donors (Lipinski definition) is 2. The predicted molar refractivity (Wildman–Crippen MR) is 76.1 cm³/mol. The molecule has 6 nitrogen and oxygen atoms in total. The molecule has 1 heterocycles. The van der Waals surface area contributed by atoms with Gasteiger partial charge < -0.3 is 10.2 Å². The molecule has 0 aliphatic carbocycles. The van der Waals surface area contributed by atoms with Crippen LogP contribution in [0.1, 0.15) is 41.8 Å². The maximum Gasteiger partial charge on any atom is 0.335 e. The Bertz CT molecular complexity index is 702. The number of fused-ring (bicyclic) bond motifs is 1. The van der Waals surface area contributed by atoms with Gasteiger partial charge in [-0.1, -0.05) is 6.92 Å². The molecular formula is C15H15NO5. The third-order valence-corrected chi connectivity index (χ3v) is 3.52. The first-order valence-electron chi connectivity index (χ1n) is 6.45. The van der Waals surface area contributed by atoms with Gasteiger partial charge in [-0.25, -0.2) is 9.69 Å². The summed E-state index contributed by atoms with van der Waals surface area (Å²) in [6.07, 6.45) is 0.211. The highest BCUT2D eigenvalue weighted by Gasteiger charge is 2.39. The molecule has 0 aromatic heterocycles. The van der Waals surface area contributed by atoms with Crippen molar-refractivity contribution in [1.82, 2.24) is 0 Å². The Morgan fingerprint density at radius 1 is 1.24 bits per heavy atom. The molecule has 0 saturated carbocycles. The zero-order valence-electron chi connectivity index (χ0n) is 11.9. The Kier molecular flexibility index (Phi) is 3.55. The summed E-state index contributed by atoms with van der Waals surface area (Å²) in [5.41, 5.74) is 1.02. The number of aliphatic hydroxyl groups is 1. The number of anilines is 1. The molecule has 0 fully saturated rings. The first-order chi connectivity index (χ1) is 9.81. The molecule has 2 N–H and O–H groups in total. The molecular weight excluding hydrogens is 274 g/mol. The maximum atomic E-state index is 12.4. The molecule has 0 atom stereocenters. The molecule has 1 aliphatic heterocycles. The zero-order valence-corrected chi connectivity index (χ0v) is 11.9. The van der Waals surface area contributed by atoms with Crippen molar-refractivity contribution in [3.05, 3.63) is 34.6 Å². The Morgan fingerprint density at radius 3 is 2.33 bits per heavy atom. The van der Waals surface area contributed by atoms with E-state index in [1.165, 1.54) is 19.1 Å². The van der Waals surface area contributed by atoms with Crippen LogP contribution in [0.4, 0.5) is 5.69 Å². The average molecular weight is 289 g/mol. The van der Waals surface area contributed by atoms with Crippen molar-refractivity contribution >= 4 is 29.0 Å². The highest BCUT2D eigenvalue weighted by Crippen LogP contribution is 2.41. The van der Waals surface area contributed by atoms with Gasteiger partial charge >= 0.3 is 5.97 Å². The van der Waals surface area contributed by atoms with E-state index in [1.54, 1.807) is 13.8 Å². The van der Waals surface area contributed by atoms with E-state index in [-0.39, 0.29) is 23.3 Å². The molecule has 21 heavy (non-hydrogen) atoms. The monoisotopic (exact) mass is 289 g/mol. The van der Waals surface area contributed by atoms with Crippen molar-refractivity contribution in [2.24, 2.45) is 0 Å². The fourth-order valence-corrected chi connectivity index (χ4v) is 2.52. The van der Waals surface area contributed by atoms with Gasteiger partial charge in [0.1, 0.15) is 5.76 Å². The molecule has 0 unspecified atom stereocenters. The summed E-state index contributed by atoms with van der Waals surface area (Å²) >= 11 is 0. The zero-order chi connectivity index (χ0) is 15.9. The molecule has 110 valence electrons. The molecule has 0 radical (unpaired) electrons. The van der Waals surface area contributed by atoms with Crippen LogP contribution in [-0.4, -0.2) is 28.0 Å². The molecule has 0 spiro atoms. The number of amides is 2. The van der Waals surface area contributed by atoms with Crippen LogP contribution in [0.2, 0.25) is 0 Å². The second-order valence-corrected chi connectivity index (χ2v) is 4.77. The summed E-state index contributed by atoms with van der Waals surface area (Å²) in [5.74, 6) is -2.39. The van der Waals surface area contributed by atoms with Crippen molar-refractivity contribution in [1.29, 1.82) is 0 Å². The summed E-state index contributed by atoms with van der Waals surface area (Å²) in [4.78, 5) is 36.2. The lowest BCUT2D eigenvalue weighted by Crippen LogP contribution is -2.31. The van der Waals surface area contributed by atoms with Gasteiger partial charge in [-0.05, 0) is 24.6 Å². The van der Waals surface area contributed by atoms with Crippen LogP contribution in [0, 0.1) is 6.92 Å². The molecule has 6 heteroatoms. The van der Waals surface area contributed by atoms with E-state index in [0.29, 0.717) is 16.8 Å². The minimum Gasteiger partial charge on any atom is -0.511 e. The van der Waals surface area contributed by atoms with Gasteiger partial charge in [0, 0.05) is 18.9 Å². The average Bonchev–Trinajstić information content (AvgIpc) is 2.71. The largest absolute Gasteiger partial charge is 0.511 e. The molecule has 0 bridgehead atoms. The lowest BCUT2D eigenvalue weighted by atomic mass is 9.95. The first kappa shape index (κ1) is 14.8. The quantitative estimate of drug-likeness (QED) is 0.643. The number of allylic oxidation sites excluding steroid dienone is 1. The maximum absolute atomic E-state index is 12.4. The molecule has 1 aromatic carbocycles. The second-order valence-electron chi connectivity index (χ2n) is 4.77. The van der Waals surface area contributed by atoms with E-state index in [0.717, 1.165) is 4.90 Å². The lowest BCUT2D eigenvalue weighted by molar-refractivity contribution is -0.122. The van der Waals surface area contributed by atoms with Crippen LogP contribution >= 0.6 is 0 Å². The van der Waals surface area contributed by atoms with Crippen LogP contribution < -0.4 is 4.90 Å². The number of carboxylic acids is 1. The highest BCUT2D eigenvalue weighted by molar-refractivity contribution is 6.40. The van der Waals surface area contributed by atoms with Crippen molar-refractivity contribution in [3.8, 4) is 0 Å². The molecule has 2 rings (SSSR count). The van der Waals surface area contributed by atoms with Crippen molar-refractivity contribution in [3.63, 3.8) is 0 Å². The van der Waals surface area contributed by atoms with Gasteiger partial charge in [0.05, 0.1) is 16.8 Å². The summed E-state index contributed by atoms with van der Waals surface area (Å²) in [7, 11) is 0. The van der Waals surface area contributed by atoms with Crippen LogP contribution in [0.3, 0.4) is 0 Å². The van der Waals surface area contributed by atoms with Gasteiger partial charge in [0.2, 0.25) is 5.91 Å². The summed E-state index contributed by atoms with van der Waals surface area (Å²) in [6, 6.07) is 2.77. The number of nitrogens with zero attached hydrogens (tertiary/aromatic N) is 1. The minimum atomic E-state index is -1.13. The van der Waals surface area contributed by atoms with Gasteiger partial charge in [-0.2, -0.15) is 0 Å². The fraction of sp³-hybridized carbons (Fsp3) is 0.267. The van der Waals surface area contributed by atoms with Crippen molar-refractivity contribution < 1.29 is 24.6 Å². The van der Waals surface area contributed by atoms with Gasteiger partial charge in [0.25, 0.3) is 5.91 Å². The Balaban J connectivity index is 2.86. The van der Waals surface area contributed by atoms with E-state index in [9.17, 15) is 24.6 Å². The SMILES string of the molecule is CCC(O)=C1C(=O)N(C(C)=O)c2ccc(C(=O)O)c(C)c21. The van der Waals surface area contributed by atoms with Crippen molar-refractivity contribution in [2.45, 2.75) is 27.2 Å². The molecule has 1 aliphatic rings. The van der Waals surface area contributed by atoms with Gasteiger partial charge in [-0.3, -0.25) is 9.59 Å². The standard InChI is InChI=1S/C15H15NO5/c1-4-11(18)13-12-7(2)9(15(20)21)5-6-10(12)16(8(3)17)14(13)19/h5-6,18H,4H2,1-3H3,(H,20,21). The topological polar surface area (TPSA) is 94.9 Å². The lowest BCUT2D eigenvalue weighted by Gasteiger charge is -2.13. The number of carbonyl (C=O) groups is 3. The number of carboxylic acid groups (broad SMARTS) is 1. The molecule has 2 amide bonds. The summed E-state index contributed by atoms with van der Waals surface area (Å²) < 4.78 is 0. The number of aromatic carboxylic acids is 1.